The summed E-state index contributed by atoms with van der Waals surface area (Å²) < 4.78 is 25.4. The molecule has 1 aromatic heterocycles. The number of aldehydes is 1. The number of hydrogen-bond acceptors (Lipinski definition) is 5. The highest BCUT2D eigenvalue weighted by Crippen LogP contribution is 2.18. The maximum Gasteiger partial charge on any atom is 0.227 e. The van der Waals surface area contributed by atoms with E-state index in [1.165, 1.54) is 35.1 Å². The number of rotatable bonds is 3. The Bertz CT molecular complexity index is 644. The van der Waals surface area contributed by atoms with Crippen molar-refractivity contribution in [1.82, 2.24) is 15.0 Å². The number of carbonyl (C=O) groups is 1. The summed E-state index contributed by atoms with van der Waals surface area (Å²) in [5, 5.41) is 7.02. The average molecular weight is 251 g/mol. The van der Waals surface area contributed by atoms with Gasteiger partial charge in [-0.1, -0.05) is 17.3 Å². The molecule has 0 N–H and O–H groups in total. The summed E-state index contributed by atoms with van der Waals surface area (Å²) in [5.74, 6) is 0. The summed E-state index contributed by atoms with van der Waals surface area (Å²) in [6.45, 7) is 0. The van der Waals surface area contributed by atoms with Gasteiger partial charge in [-0.3, -0.25) is 9.48 Å². The SMILES string of the molecule is Cn1cc(S(=O)(=O)c2ccc(C=O)cc2)nn1. The average Bonchev–Trinajstić information content (AvgIpc) is 2.77. The van der Waals surface area contributed by atoms with E-state index >= 15 is 0 Å². The van der Waals surface area contributed by atoms with Crippen molar-refractivity contribution < 1.29 is 13.2 Å². The standard InChI is InChI=1S/C10H9N3O3S/c1-13-6-10(11-12-13)17(15,16)9-4-2-8(7-14)3-5-9/h2-7H,1H3. The van der Waals surface area contributed by atoms with Crippen molar-refractivity contribution in [1.29, 1.82) is 0 Å². The van der Waals surface area contributed by atoms with Gasteiger partial charge in [0.25, 0.3) is 0 Å². The monoisotopic (exact) mass is 251 g/mol. The lowest BCUT2D eigenvalue weighted by molar-refractivity contribution is 0.112. The molecule has 2 aromatic rings. The van der Waals surface area contributed by atoms with Gasteiger partial charge in [-0.2, -0.15) is 0 Å². The molecule has 0 spiro atoms. The Hall–Kier alpha value is -2.02. The molecule has 0 atom stereocenters. The molecule has 0 aliphatic heterocycles. The molecule has 0 amide bonds. The van der Waals surface area contributed by atoms with Gasteiger partial charge in [-0.15, -0.1) is 5.10 Å². The summed E-state index contributed by atoms with van der Waals surface area (Å²) in [6.07, 6.45) is 1.97. The lowest BCUT2D eigenvalue weighted by atomic mass is 10.2. The van der Waals surface area contributed by atoms with E-state index in [1.54, 1.807) is 7.05 Å². The lowest BCUT2D eigenvalue weighted by Crippen LogP contribution is -2.02. The number of hydrogen-bond donors (Lipinski definition) is 0. The molecule has 0 fully saturated rings. The predicted molar refractivity (Wildman–Crippen MR) is 58.3 cm³/mol. The van der Waals surface area contributed by atoms with Crippen molar-refractivity contribution in [3.63, 3.8) is 0 Å². The minimum atomic E-state index is -3.65. The highest BCUT2D eigenvalue weighted by atomic mass is 32.2. The maximum absolute atomic E-state index is 12.0. The molecule has 0 bridgehead atoms. The normalized spacial score (nSPS) is 11.4. The van der Waals surface area contributed by atoms with Gasteiger partial charge in [-0.05, 0) is 12.1 Å². The Labute approximate surface area is 97.8 Å². The third-order valence-corrected chi connectivity index (χ3v) is 3.81. The molecule has 6 nitrogen and oxygen atoms in total. The molecule has 7 heteroatoms. The first-order valence-corrected chi connectivity index (χ1v) is 6.19. The van der Waals surface area contributed by atoms with Crippen LogP contribution in [0.4, 0.5) is 0 Å². The summed E-state index contributed by atoms with van der Waals surface area (Å²) in [7, 11) is -2.07. The smallest absolute Gasteiger partial charge is 0.227 e. The first-order chi connectivity index (χ1) is 8.04. The molecule has 0 aliphatic rings. The Kier molecular flexibility index (Phi) is 2.76. The third kappa shape index (κ3) is 2.09. The third-order valence-electron chi connectivity index (χ3n) is 2.18. The number of sulfone groups is 1. The van der Waals surface area contributed by atoms with E-state index in [0.717, 1.165) is 0 Å². The zero-order valence-electron chi connectivity index (χ0n) is 8.94. The second-order valence-corrected chi connectivity index (χ2v) is 5.32. The Morgan fingerprint density at radius 2 is 1.88 bits per heavy atom. The van der Waals surface area contributed by atoms with Crippen LogP contribution >= 0.6 is 0 Å². The fourth-order valence-corrected chi connectivity index (χ4v) is 2.47. The molecule has 0 unspecified atom stereocenters. The van der Waals surface area contributed by atoms with Crippen LogP contribution in [0.2, 0.25) is 0 Å². The zero-order valence-corrected chi connectivity index (χ0v) is 9.76. The van der Waals surface area contributed by atoms with Gasteiger partial charge in [0.15, 0.2) is 0 Å². The van der Waals surface area contributed by atoms with Gasteiger partial charge in [0.1, 0.15) is 6.29 Å². The predicted octanol–water partition coefficient (Wildman–Crippen LogP) is 0.460. The highest BCUT2D eigenvalue weighted by molar-refractivity contribution is 7.91. The largest absolute Gasteiger partial charge is 0.298 e. The minimum absolute atomic E-state index is 0.0867. The molecule has 0 saturated heterocycles. The molecule has 0 aliphatic carbocycles. The van der Waals surface area contributed by atoms with Crippen LogP contribution in [0.1, 0.15) is 10.4 Å². The van der Waals surface area contributed by atoms with E-state index < -0.39 is 9.84 Å². The van der Waals surface area contributed by atoms with Crippen LogP contribution in [0.15, 0.2) is 40.4 Å². The fourth-order valence-electron chi connectivity index (χ4n) is 1.30. The van der Waals surface area contributed by atoms with Crippen LogP contribution in [0, 0.1) is 0 Å². The van der Waals surface area contributed by atoms with E-state index in [-0.39, 0.29) is 9.92 Å². The second-order valence-electron chi connectivity index (χ2n) is 3.42. The molecule has 0 saturated carbocycles. The van der Waals surface area contributed by atoms with Gasteiger partial charge >= 0.3 is 0 Å². The molecule has 0 radical (unpaired) electrons. The Morgan fingerprint density at radius 3 is 2.35 bits per heavy atom. The van der Waals surface area contributed by atoms with Gasteiger partial charge in [0.05, 0.1) is 11.1 Å². The quantitative estimate of drug-likeness (QED) is 0.740. The van der Waals surface area contributed by atoms with Crippen molar-refractivity contribution in [2.45, 2.75) is 9.92 Å². The van der Waals surface area contributed by atoms with E-state index in [1.807, 2.05) is 0 Å². The van der Waals surface area contributed by atoms with Crippen molar-refractivity contribution in [2.24, 2.45) is 7.05 Å². The Balaban J connectivity index is 2.48. The topological polar surface area (TPSA) is 81.9 Å². The lowest BCUT2D eigenvalue weighted by Gasteiger charge is -2.00. The number of nitrogens with zero attached hydrogens (tertiary/aromatic N) is 3. The molecule has 1 aromatic carbocycles. The van der Waals surface area contributed by atoms with E-state index in [0.29, 0.717) is 11.8 Å². The minimum Gasteiger partial charge on any atom is -0.298 e. The summed E-state index contributed by atoms with van der Waals surface area (Å²) >= 11 is 0. The highest BCUT2D eigenvalue weighted by Gasteiger charge is 2.20. The van der Waals surface area contributed by atoms with E-state index in [4.69, 9.17) is 0 Å². The summed E-state index contributed by atoms with van der Waals surface area (Å²) in [6, 6.07) is 5.62. The second kappa shape index (κ2) is 4.10. The first kappa shape index (κ1) is 11.5. The molecular weight excluding hydrogens is 242 g/mol. The van der Waals surface area contributed by atoms with Gasteiger partial charge in [0, 0.05) is 12.6 Å². The maximum atomic E-state index is 12.0. The zero-order chi connectivity index (χ0) is 12.5. The fraction of sp³-hybridized carbons (Fsp3) is 0.100. The van der Waals surface area contributed by atoms with Crippen molar-refractivity contribution >= 4 is 16.1 Å². The Morgan fingerprint density at radius 1 is 1.24 bits per heavy atom. The number of aryl methyl sites for hydroxylation is 1. The van der Waals surface area contributed by atoms with Crippen LogP contribution in [-0.4, -0.2) is 29.7 Å². The van der Waals surface area contributed by atoms with Crippen LogP contribution in [0.25, 0.3) is 0 Å². The molecule has 1 heterocycles. The number of benzene rings is 1. The molecule has 2 rings (SSSR count). The van der Waals surface area contributed by atoms with Crippen LogP contribution in [0.5, 0.6) is 0 Å². The van der Waals surface area contributed by atoms with E-state index in [9.17, 15) is 13.2 Å². The van der Waals surface area contributed by atoms with E-state index in [2.05, 4.69) is 10.3 Å². The van der Waals surface area contributed by atoms with Gasteiger partial charge < -0.3 is 0 Å². The van der Waals surface area contributed by atoms with Gasteiger partial charge in [-0.25, -0.2) is 8.42 Å². The van der Waals surface area contributed by atoms with Crippen LogP contribution in [0.3, 0.4) is 0 Å². The van der Waals surface area contributed by atoms with Gasteiger partial charge in [0.2, 0.25) is 14.9 Å². The van der Waals surface area contributed by atoms with Crippen molar-refractivity contribution in [3.8, 4) is 0 Å². The van der Waals surface area contributed by atoms with Crippen LogP contribution < -0.4 is 0 Å². The molecule has 88 valence electrons. The van der Waals surface area contributed by atoms with Crippen molar-refractivity contribution in [3.05, 3.63) is 36.0 Å². The van der Waals surface area contributed by atoms with Crippen molar-refractivity contribution in [2.75, 3.05) is 0 Å². The van der Waals surface area contributed by atoms with Crippen LogP contribution in [-0.2, 0) is 16.9 Å². The summed E-state index contributed by atoms with van der Waals surface area (Å²) in [4.78, 5) is 10.6. The molecule has 17 heavy (non-hydrogen) atoms. The first-order valence-electron chi connectivity index (χ1n) is 4.71. The molecular formula is C10H9N3O3S. The number of aromatic nitrogens is 3. The summed E-state index contributed by atoms with van der Waals surface area (Å²) in [5.41, 5.74) is 0.420. The number of carbonyl (C=O) groups excluding carboxylic acids is 1.